The molecule has 1 aliphatic carbocycles. The zero-order chi connectivity index (χ0) is 22.5. The lowest BCUT2D eigenvalue weighted by molar-refractivity contribution is 0.0697. The van der Waals surface area contributed by atoms with Crippen LogP contribution in [0.3, 0.4) is 0 Å². The molecule has 7 heteroatoms. The summed E-state index contributed by atoms with van der Waals surface area (Å²) in [6.07, 6.45) is 3.63. The first-order valence-electron chi connectivity index (χ1n) is 10.6. The number of thiophene rings is 1. The van der Waals surface area contributed by atoms with Crippen molar-refractivity contribution in [3.05, 3.63) is 118 Å². The van der Waals surface area contributed by atoms with Gasteiger partial charge in [0.05, 0.1) is 21.8 Å². The summed E-state index contributed by atoms with van der Waals surface area (Å²) in [6.45, 7) is 0. The molecule has 6 rings (SSSR count). The van der Waals surface area contributed by atoms with Gasteiger partial charge in [-0.25, -0.2) is 9.79 Å². The molecule has 0 saturated heterocycles. The molecule has 33 heavy (non-hydrogen) atoms. The van der Waals surface area contributed by atoms with E-state index in [2.05, 4.69) is 24.3 Å². The van der Waals surface area contributed by atoms with Crippen molar-refractivity contribution in [2.24, 2.45) is 4.99 Å². The summed E-state index contributed by atoms with van der Waals surface area (Å²) >= 11 is 3.04. The Morgan fingerprint density at radius 1 is 1.06 bits per heavy atom. The van der Waals surface area contributed by atoms with Gasteiger partial charge in [-0.05, 0) is 59.2 Å². The molecule has 162 valence electrons. The Morgan fingerprint density at radius 3 is 2.64 bits per heavy atom. The molecule has 0 bridgehead atoms. The highest BCUT2D eigenvalue weighted by atomic mass is 32.1. The average molecular weight is 471 g/mol. The van der Waals surface area contributed by atoms with E-state index >= 15 is 0 Å². The lowest BCUT2D eigenvalue weighted by Gasteiger charge is -2.30. The molecule has 0 radical (unpaired) electrons. The first-order valence-corrected chi connectivity index (χ1v) is 12.3. The fraction of sp³-hybridized carbons (Fsp3) is 0.115. The summed E-state index contributed by atoms with van der Waals surface area (Å²) in [6, 6.07) is 18.9. The normalized spacial score (nSPS) is 17.2. The maximum atomic E-state index is 13.6. The second-order valence-electron chi connectivity index (χ2n) is 8.06. The number of nitrogens with zero attached hydrogens (tertiary/aromatic N) is 2. The molecule has 2 aromatic carbocycles. The van der Waals surface area contributed by atoms with Crippen LogP contribution in [-0.2, 0) is 6.42 Å². The topological polar surface area (TPSA) is 71.7 Å². The molecular weight excluding hydrogens is 452 g/mol. The molecule has 0 spiro atoms. The highest BCUT2D eigenvalue weighted by Gasteiger charge is 2.32. The van der Waals surface area contributed by atoms with Crippen molar-refractivity contribution in [1.29, 1.82) is 0 Å². The molecule has 1 atom stereocenters. The van der Waals surface area contributed by atoms with E-state index in [9.17, 15) is 9.59 Å². The molecule has 1 N–H and O–H groups in total. The SMILES string of the molecule is O=C(O)c1ccc(C=c2sc3n(c2=O)[C@H](c2cccs2)C2=C(N=3)c3ccccc3CC2)cc1. The molecule has 0 unspecified atom stereocenters. The molecule has 0 saturated carbocycles. The molecule has 0 fully saturated rings. The van der Waals surface area contributed by atoms with E-state index < -0.39 is 5.97 Å². The van der Waals surface area contributed by atoms with Crippen LogP contribution < -0.4 is 14.9 Å². The van der Waals surface area contributed by atoms with Gasteiger partial charge in [-0.15, -0.1) is 11.3 Å². The molecule has 4 aromatic rings. The number of benzene rings is 2. The summed E-state index contributed by atoms with van der Waals surface area (Å²) in [4.78, 5) is 31.6. The van der Waals surface area contributed by atoms with Crippen LogP contribution in [0.5, 0.6) is 0 Å². The fourth-order valence-corrected chi connectivity index (χ4v) is 6.44. The summed E-state index contributed by atoms with van der Waals surface area (Å²) in [5, 5.41) is 11.2. The zero-order valence-corrected chi connectivity index (χ0v) is 19.0. The van der Waals surface area contributed by atoms with Gasteiger partial charge >= 0.3 is 5.97 Å². The second-order valence-corrected chi connectivity index (χ2v) is 10.0. The van der Waals surface area contributed by atoms with Crippen LogP contribution in [0.25, 0.3) is 11.8 Å². The van der Waals surface area contributed by atoms with Crippen LogP contribution >= 0.6 is 22.7 Å². The van der Waals surface area contributed by atoms with Gasteiger partial charge < -0.3 is 5.11 Å². The van der Waals surface area contributed by atoms with Crippen molar-refractivity contribution in [3.8, 4) is 0 Å². The van der Waals surface area contributed by atoms with Gasteiger partial charge in [0.15, 0.2) is 4.80 Å². The fourth-order valence-electron chi connectivity index (χ4n) is 4.59. The molecule has 1 aliphatic heterocycles. The third-order valence-electron chi connectivity index (χ3n) is 6.14. The van der Waals surface area contributed by atoms with Crippen molar-refractivity contribution < 1.29 is 9.90 Å². The van der Waals surface area contributed by atoms with E-state index in [1.165, 1.54) is 22.5 Å². The van der Waals surface area contributed by atoms with Gasteiger partial charge in [-0.1, -0.05) is 53.8 Å². The number of fused-ring (bicyclic) bond motifs is 3. The Hall–Kier alpha value is -3.55. The number of allylic oxidation sites excluding steroid dienone is 1. The quantitative estimate of drug-likeness (QED) is 0.491. The number of aromatic carboxylic acids is 1. The third kappa shape index (κ3) is 3.32. The highest BCUT2D eigenvalue weighted by Crippen LogP contribution is 2.42. The first-order chi connectivity index (χ1) is 16.1. The summed E-state index contributed by atoms with van der Waals surface area (Å²) in [5.74, 6) is -0.970. The predicted octanol–water partition coefficient (Wildman–Crippen LogP) is 4.08. The number of carbonyl (C=O) groups is 1. The number of carboxylic acid groups (broad SMARTS) is 1. The van der Waals surface area contributed by atoms with Crippen LogP contribution in [0.1, 0.15) is 44.4 Å². The molecule has 2 aliphatic rings. The van der Waals surface area contributed by atoms with E-state index in [1.807, 2.05) is 28.2 Å². The van der Waals surface area contributed by atoms with E-state index in [4.69, 9.17) is 10.1 Å². The molecule has 2 aromatic heterocycles. The number of aromatic nitrogens is 1. The zero-order valence-electron chi connectivity index (χ0n) is 17.4. The summed E-state index contributed by atoms with van der Waals surface area (Å²) < 4.78 is 2.42. The Labute approximate surface area is 196 Å². The van der Waals surface area contributed by atoms with E-state index in [0.29, 0.717) is 9.33 Å². The summed E-state index contributed by atoms with van der Waals surface area (Å²) in [5.41, 5.74) is 5.58. The highest BCUT2D eigenvalue weighted by molar-refractivity contribution is 7.10. The number of aryl methyl sites for hydroxylation is 1. The maximum absolute atomic E-state index is 13.6. The van der Waals surface area contributed by atoms with Crippen molar-refractivity contribution in [2.45, 2.75) is 18.9 Å². The van der Waals surface area contributed by atoms with E-state index in [0.717, 1.165) is 34.5 Å². The van der Waals surface area contributed by atoms with Crippen LogP contribution in [0.4, 0.5) is 0 Å². The number of rotatable bonds is 3. The lowest BCUT2D eigenvalue weighted by atomic mass is 9.85. The standard InChI is InChI=1S/C26H18N2O3S2/c29-24-21(14-15-7-9-17(10-8-15)25(30)31)33-26-27-22-18-5-2-1-4-16(18)11-12-19(22)23(28(24)26)20-6-3-13-32-20/h1-10,13-14,23H,11-12H2,(H,30,31)/t23-/m0/s1. The lowest BCUT2D eigenvalue weighted by Crippen LogP contribution is -2.38. The van der Waals surface area contributed by atoms with E-state index in [1.54, 1.807) is 35.6 Å². The Morgan fingerprint density at radius 2 is 1.88 bits per heavy atom. The van der Waals surface area contributed by atoms with Crippen molar-refractivity contribution in [3.63, 3.8) is 0 Å². The van der Waals surface area contributed by atoms with Crippen molar-refractivity contribution >= 4 is 40.4 Å². The predicted molar refractivity (Wildman–Crippen MR) is 130 cm³/mol. The Kier molecular flexibility index (Phi) is 4.74. The minimum Gasteiger partial charge on any atom is -0.478 e. The summed E-state index contributed by atoms with van der Waals surface area (Å²) in [7, 11) is 0. The Bertz CT molecular complexity index is 1610. The van der Waals surface area contributed by atoms with Crippen molar-refractivity contribution in [1.82, 2.24) is 4.57 Å². The smallest absolute Gasteiger partial charge is 0.335 e. The van der Waals surface area contributed by atoms with Gasteiger partial charge in [0, 0.05) is 10.4 Å². The first kappa shape index (κ1) is 20.1. The van der Waals surface area contributed by atoms with Gasteiger partial charge in [0.2, 0.25) is 0 Å². The number of hydrogen-bond acceptors (Lipinski definition) is 5. The minimum absolute atomic E-state index is 0.0649. The monoisotopic (exact) mass is 470 g/mol. The molecule has 3 heterocycles. The van der Waals surface area contributed by atoms with Gasteiger partial charge in [0.1, 0.15) is 0 Å². The number of thiazole rings is 1. The Balaban J connectivity index is 1.57. The number of carboxylic acids is 1. The third-order valence-corrected chi connectivity index (χ3v) is 8.05. The molecule has 0 amide bonds. The molecule has 5 nitrogen and oxygen atoms in total. The van der Waals surface area contributed by atoms with Crippen molar-refractivity contribution in [2.75, 3.05) is 0 Å². The number of hydrogen-bond donors (Lipinski definition) is 1. The van der Waals surface area contributed by atoms with Crippen LogP contribution in [0.15, 0.2) is 81.4 Å². The van der Waals surface area contributed by atoms with Gasteiger partial charge in [0.25, 0.3) is 5.56 Å². The maximum Gasteiger partial charge on any atom is 0.335 e. The van der Waals surface area contributed by atoms with Crippen LogP contribution in [0, 0.1) is 0 Å². The van der Waals surface area contributed by atoms with Gasteiger partial charge in [-0.3, -0.25) is 9.36 Å². The second kappa shape index (κ2) is 7.79. The molecular formula is C26H18N2O3S2. The van der Waals surface area contributed by atoms with Crippen LogP contribution in [0.2, 0.25) is 0 Å². The van der Waals surface area contributed by atoms with Gasteiger partial charge in [-0.2, -0.15) is 0 Å². The average Bonchev–Trinajstić information content (AvgIpc) is 3.47. The van der Waals surface area contributed by atoms with E-state index in [-0.39, 0.29) is 17.2 Å². The minimum atomic E-state index is -0.970. The largest absolute Gasteiger partial charge is 0.478 e. The van der Waals surface area contributed by atoms with Crippen LogP contribution in [-0.4, -0.2) is 15.6 Å².